The van der Waals surface area contributed by atoms with E-state index >= 15 is 0 Å². The Balaban J connectivity index is 2.21. The summed E-state index contributed by atoms with van der Waals surface area (Å²) in [6.07, 6.45) is 0. The second-order valence-corrected chi connectivity index (χ2v) is 4.87. The third-order valence-electron chi connectivity index (χ3n) is 2.13. The summed E-state index contributed by atoms with van der Waals surface area (Å²) in [6.45, 7) is 3.89. The fourth-order valence-electron chi connectivity index (χ4n) is 1.36. The minimum atomic E-state index is -0.181. The van der Waals surface area contributed by atoms with Gasteiger partial charge in [-0.1, -0.05) is 5.10 Å². The molecule has 0 radical (unpaired) electrons. The van der Waals surface area contributed by atoms with Crippen molar-refractivity contribution in [3.63, 3.8) is 0 Å². The molecule has 0 unspecified atom stereocenters. The number of nitrogens with one attached hydrogen (secondary N) is 1. The number of anilines is 1. The van der Waals surface area contributed by atoms with E-state index in [0.717, 1.165) is 9.75 Å². The van der Waals surface area contributed by atoms with Gasteiger partial charge in [0.2, 0.25) is 5.95 Å². The van der Waals surface area contributed by atoms with Gasteiger partial charge in [0.15, 0.2) is 0 Å². The number of amides is 1. The Morgan fingerprint density at radius 3 is 2.75 bits per heavy atom. The molecule has 1 amide bonds. The van der Waals surface area contributed by atoms with Crippen molar-refractivity contribution in [1.29, 1.82) is 0 Å². The van der Waals surface area contributed by atoms with Crippen LogP contribution in [0.25, 0.3) is 0 Å². The van der Waals surface area contributed by atoms with E-state index in [1.165, 1.54) is 4.68 Å². The lowest BCUT2D eigenvalue weighted by molar-refractivity contribution is 0.102. The van der Waals surface area contributed by atoms with E-state index in [1.54, 1.807) is 18.4 Å². The zero-order chi connectivity index (χ0) is 11.7. The van der Waals surface area contributed by atoms with Crippen LogP contribution < -0.4 is 5.32 Å². The van der Waals surface area contributed by atoms with Crippen molar-refractivity contribution in [3.05, 3.63) is 21.4 Å². The summed E-state index contributed by atoms with van der Waals surface area (Å²) in [5, 5.41) is 13.4. The number of carbonyl (C=O) groups is 1. The number of hydrogen-bond donors (Lipinski definition) is 1. The van der Waals surface area contributed by atoms with Crippen LogP contribution in [0.5, 0.6) is 0 Å². The number of rotatable bonds is 2. The molecule has 7 heteroatoms. The van der Waals surface area contributed by atoms with Crippen LogP contribution in [0.15, 0.2) is 6.07 Å². The van der Waals surface area contributed by atoms with Gasteiger partial charge in [0.1, 0.15) is 0 Å². The molecule has 0 fully saturated rings. The molecule has 6 nitrogen and oxygen atoms in total. The van der Waals surface area contributed by atoms with Crippen LogP contribution in [-0.4, -0.2) is 26.1 Å². The Kier molecular flexibility index (Phi) is 2.69. The van der Waals surface area contributed by atoms with Gasteiger partial charge in [-0.3, -0.25) is 10.1 Å². The largest absolute Gasteiger partial charge is 0.289 e. The molecule has 0 aliphatic heterocycles. The van der Waals surface area contributed by atoms with E-state index in [9.17, 15) is 4.79 Å². The lowest BCUT2D eigenvalue weighted by atomic mass is 10.2. The first-order chi connectivity index (χ1) is 7.58. The molecule has 0 saturated heterocycles. The molecule has 0 saturated carbocycles. The topological polar surface area (TPSA) is 72.7 Å². The van der Waals surface area contributed by atoms with Gasteiger partial charge in [0.25, 0.3) is 5.91 Å². The first kappa shape index (κ1) is 10.7. The maximum absolute atomic E-state index is 11.9. The van der Waals surface area contributed by atoms with Crippen molar-refractivity contribution >= 4 is 23.2 Å². The second kappa shape index (κ2) is 4.01. The van der Waals surface area contributed by atoms with Gasteiger partial charge >= 0.3 is 0 Å². The predicted molar refractivity (Wildman–Crippen MR) is 60.5 cm³/mol. The lowest BCUT2D eigenvalue weighted by Gasteiger charge is -2.01. The first-order valence-corrected chi connectivity index (χ1v) is 5.50. The molecule has 16 heavy (non-hydrogen) atoms. The number of aryl methyl sites for hydroxylation is 3. The van der Waals surface area contributed by atoms with Crippen LogP contribution in [0, 0.1) is 13.8 Å². The minimum Gasteiger partial charge on any atom is -0.289 e. The summed E-state index contributed by atoms with van der Waals surface area (Å²) in [7, 11) is 1.67. The second-order valence-electron chi connectivity index (χ2n) is 3.41. The van der Waals surface area contributed by atoms with Crippen molar-refractivity contribution in [2.45, 2.75) is 13.8 Å². The van der Waals surface area contributed by atoms with Gasteiger partial charge in [-0.2, -0.15) is 0 Å². The SMILES string of the molecule is Cc1cc(C(=O)Nc2nnnn2C)c(C)s1. The van der Waals surface area contributed by atoms with Crippen LogP contribution in [0.3, 0.4) is 0 Å². The number of thiophene rings is 1. The van der Waals surface area contributed by atoms with Crippen molar-refractivity contribution in [2.75, 3.05) is 5.32 Å². The number of hydrogen-bond acceptors (Lipinski definition) is 5. The maximum atomic E-state index is 11.9. The first-order valence-electron chi connectivity index (χ1n) is 4.68. The maximum Gasteiger partial charge on any atom is 0.259 e. The van der Waals surface area contributed by atoms with Crippen molar-refractivity contribution < 1.29 is 4.79 Å². The summed E-state index contributed by atoms with van der Waals surface area (Å²) in [5.41, 5.74) is 0.672. The van der Waals surface area contributed by atoms with Crippen LogP contribution in [0.2, 0.25) is 0 Å². The van der Waals surface area contributed by atoms with E-state index in [-0.39, 0.29) is 5.91 Å². The summed E-state index contributed by atoms with van der Waals surface area (Å²) in [6, 6.07) is 1.86. The van der Waals surface area contributed by atoms with Crippen molar-refractivity contribution in [3.8, 4) is 0 Å². The molecule has 0 aromatic carbocycles. The van der Waals surface area contributed by atoms with Gasteiger partial charge in [-0.15, -0.1) is 11.3 Å². The Morgan fingerprint density at radius 1 is 1.50 bits per heavy atom. The minimum absolute atomic E-state index is 0.181. The van der Waals surface area contributed by atoms with Gasteiger partial charge in [-0.25, -0.2) is 4.68 Å². The Labute approximate surface area is 96.3 Å². The summed E-state index contributed by atoms with van der Waals surface area (Å²) in [5.74, 6) is 0.160. The molecule has 0 aliphatic rings. The Morgan fingerprint density at radius 2 is 2.25 bits per heavy atom. The molecule has 2 aromatic rings. The number of tetrazole rings is 1. The molecule has 1 N–H and O–H groups in total. The van der Waals surface area contributed by atoms with Gasteiger partial charge in [0, 0.05) is 16.8 Å². The zero-order valence-electron chi connectivity index (χ0n) is 9.18. The standard InChI is InChI=1S/C9H11N5OS/c1-5-4-7(6(2)16-5)8(15)10-9-11-12-13-14(9)3/h4H,1-3H3,(H,10,11,13,15). The van der Waals surface area contributed by atoms with Crippen LogP contribution in [-0.2, 0) is 7.05 Å². The summed E-state index contributed by atoms with van der Waals surface area (Å²) < 4.78 is 1.41. The van der Waals surface area contributed by atoms with Gasteiger partial charge in [-0.05, 0) is 30.3 Å². The zero-order valence-corrected chi connectivity index (χ0v) is 10.00. The quantitative estimate of drug-likeness (QED) is 0.850. The molecule has 2 heterocycles. The van der Waals surface area contributed by atoms with E-state index in [1.807, 2.05) is 19.9 Å². The predicted octanol–water partition coefficient (Wildman–Crippen LogP) is 1.14. The van der Waals surface area contributed by atoms with Gasteiger partial charge < -0.3 is 0 Å². The normalized spacial score (nSPS) is 10.4. The molecule has 0 bridgehead atoms. The fourth-order valence-corrected chi connectivity index (χ4v) is 2.28. The van der Waals surface area contributed by atoms with E-state index < -0.39 is 0 Å². The highest BCUT2D eigenvalue weighted by atomic mass is 32.1. The summed E-state index contributed by atoms with van der Waals surface area (Å²) >= 11 is 1.60. The highest BCUT2D eigenvalue weighted by Gasteiger charge is 2.14. The monoisotopic (exact) mass is 237 g/mol. The molecule has 0 spiro atoms. The van der Waals surface area contributed by atoms with E-state index in [0.29, 0.717) is 11.5 Å². The smallest absolute Gasteiger partial charge is 0.259 e. The van der Waals surface area contributed by atoms with Crippen LogP contribution in [0.4, 0.5) is 5.95 Å². The number of nitrogens with zero attached hydrogens (tertiary/aromatic N) is 4. The number of aromatic nitrogens is 4. The third-order valence-corrected chi connectivity index (χ3v) is 3.10. The molecule has 2 rings (SSSR count). The van der Waals surface area contributed by atoms with E-state index in [4.69, 9.17) is 0 Å². The van der Waals surface area contributed by atoms with Gasteiger partial charge in [0.05, 0.1) is 5.56 Å². The third kappa shape index (κ3) is 1.94. The average molecular weight is 237 g/mol. The number of carbonyl (C=O) groups excluding carboxylic acids is 1. The van der Waals surface area contributed by atoms with Crippen LogP contribution in [0.1, 0.15) is 20.1 Å². The lowest BCUT2D eigenvalue weighted by Crippen LogP contribution is -2.15. The molecular weight excluding hydrogens is 226 g/mol. The van der Waals surface area contributed by atoms with E-state index in [2.05, 4.69) is 20.8 Å². The summed E-state index contributed by atoms with van der Waals surface area (Å²) in [4.78, 5) is 14.0. The fraction of sp³-hybridized carbons (Fsp3) is 0.333. The average Bonchev–Trinajstić information content (AvgIpc) is 2.74. The Bertz CT molecular complexity index is 530. The van der Waals surface area contributed by atoms with Crippen molar-refractivity contribution in [2.24, 2.45) is 7.05 Å². The molecule has 0 aliphatic carbocycles. The highest BCUT2D eigenvalue weighted by Crippen LogP contribution is 2.21. The Hall–Kier alpha value is -1.76. The van der Waals surface area contributed by atoms with Crippen molar-refractivity contribution in [1.82, 2.24) is 20.2 Å². The highest BCUT2D eigenvalue weighted by molar-refractivity contribution is 7.12. The molecule has 2 aromatic heterocycles. The molecule has 0 atom stereocenters. The molecular formula is C9H11N5OS. The molecule has 84 valence electrons. The van der Waals surface area contributed by atoms with Crippen LogP contribution >= 0.6 is 11.3 Å².